The summed E-state index contributed by atoms with van der Waals surface area (Å²) in [5.74, 6) is 5.47. The topological polar surface area (TPSA) is 116 Å². The average molecular weight is 422 g/mol. The van der Waals surface area contributed by atoms with E-state index in [1.807, 2.05) is 12.3 Å². The van der Waals surface area contributed by atoms with Crippen LogP contribution >= 0.6 is 0 Å². The number of carbonyl (C=O) groups excluding carboxylic acids is 1. The molecule has 3 N–H and O–H groups in total. The Bertz CT molecular complexity index is 1350. The van der Waals surface area contributed by atoms with Gasteiger partial charge in [-0.2, -0.15) is 0 Å². The third-order valence-electron chi connectivity index (χ3n) is 4.55. The minimum absolute atomic E-state index is 0.215. The van der Waals surface area contributed by atoms with Gasteiger partial charge in [0.1, 0.15) is 11.5 Å². The standard InChI is InChI=1S/C21H18N4O4S/c1-14-2-5-19(6-3-14)30(27,28)25-9-8-15-10-17(4-7-20(15)25)29-18-11-16(12-23-13-18)21(26)24-22/h2-13H,22H2,1H3,(H,24,26). The summed E-state index contributed by atoms with van der Waals surface area (Å²) in [6, 6.07) is 14.9. The summed E-state index contributed by atoms with van der Waals surface area (Å²) in [7, 11) is -3.72. The van der Waals surface area contributed by atoms with Crippen LogP contribution in [-0.4, -0.2) is 23.3 Å². The molecule has 0 unspecified atom stereocenters. The van der Waals surface area contributed by atoms with Crippen LogP contribution in [-0.2, 0) is 10.0 Å². The second-order valence-corrected chi connectivity index (χ2v) is 8.45. The smallest absolute Gasteiger partial charge is 0.268 e. The molecule has 9 heteroatoms. The predicted molar refractivity (Wildman–Crippen MR) is 112 cm³/mol. The van der Waals surface area contributed by atoms with Gasteiger partial charge in [-0.05, 0) is 49.4 Å². The zero-order valence-electron chi connectivity index (χ0n) is 15.9. The Hall–Kier alpha value is -3.69. The summed E-state index contributed by atoms with van der Waals surface area (Å²) in [6.45, 7) is 1.90. The molecule has 0 bridgehead atoms. The van der Waals surface area contributed by atoms with E-state index in [9.17, 15) is 13.2 Å². The Morgan fingerprint density at radius 3 is 2.53 bits per heavy atom. The van der Waals surface area contributed by atoms with Crippen LogP contribution in [0.15, 0.2) is 78.1 Å². The number of nitrogens with one attached hydrogen (secondary N) is 1. The number of nitrogens with zero attached hydrogens (tertiary/aromatic N) is 2. The van der Waals surface area contributed by atoms with Crippen molar-refractivity contribution in [3.63, 3.8) is 0 Å². The van der Waals surface area contributed by atoms with Gasteiger partial charge >= 0.3 is 0 Å². The van der Waals surface area contributed by atoms with Crippen molar-refractivity contribution in [2.24, 2.45) is 5.84 Å². The first kappa shape index (κ1) is 19.6. The molecule has 8 nitrogen and oxygen atoms in total. The molecule has 2 aromatic heterocycles. The minimum atomic E-state index is -3.72. The van der Waals surface area contributed by atoms with Crippen molar-refractivity contribution in [1.82, 2.24) is 14.4 Å². The van der Waals surface area contributed by atoms with E-state index in [1.165, 1.54) is 28.6 Å². The molecule has 30 heavy (non-hydrogen) atoms. The van der Waals surface area contributed by atoms with Gasteiger partial charge in [-0.3, -0.25) is 15.2 Å². The zero-order chi connectivity index (χ0) is 21.3. The molecule has 0 aliphatic rings. The summed E-state index contributed by atoms with van der Waals surface area (Å²) >= 11 is 0. The fraction of sp³-hybridized carbons (Fsp3) is 0.0476. The van der Waals surface area contributed by atoms with E-state index in [1.54, 1.807) is 48.5 Å². The highest BCUT2D eigenvalue weighted by molar-refractivity contribution is 7.90. The van der Waals surface area contributed by atoms with Crippen LogP contribution in [0.2, 0.25) is 0 Å². The molecule has 0 atom stereocenters. The van der Waals surface area contributed by atoms with Gasteiger partial charge in [-0.1, -0.05) is 17.7 Å². The zero-order valence-corrected chi connectivity index (χ0v) is 16.8. The highest BCUT2D eigenvalue weighted by atomic mass is 32.2. The molecule has 0 fully saturated rings. The molecule has 2 aromatic carbocycles. The second-order valence-electron chi connectivity index (χ2n) is 6.64. The van der Waals surface area contributed by atoms with Crippen molar-refractivity contribution in [1.29, 1.82) is 0 Å². The lowest BCUT2D eigenvalue weighted by Crippen LogP contribution is -2.30. The van der Waals surface area contributed by atoms with Gasteiger partial charge in [0.05, 0.1) is 22.2 Å². The van der Waals surface area contributed by atoms with E-state index in [0.29, 0.717) is 22.4 Å². The van der Waals surface area contributed by atoms with E-state index in [2.05, 4.69) is 4.98 Å². The molecule has 2 heterocycles. The van der Waals surface area contributed by atoms with E-state index >= 15 is 0 Å². The minimum Gasteiger partial charge on any atom is -0.456 e. The first-order chi connectivity index (χ1) is 14.4. The third-order valence-corrected chi connectivity index (χ3v) is 6.25. The Kier molecular flexibility index (Phi) is 4.98. The average Bonchev–Trinajstić information content (AvgIpc) is 3.18. The number of carbonyl (C=O) groups is 1. The van der Waals surface area contributed by atoms with Gasteiger partial charge in [0.25, 0.3) is 15.9 Å². The lowest BCUT2D eigenvalue weighted by molar-refractivity contribution is 0.0953. The number of benzene rings is 2. The predicted octanol–water partition coefficient (Wildman–Crippen LogP) is 2.98. The first-order valence-electron chi connectivity index (χ1n) is 8.96. The number of ether oxygens (including phenoxy) is 1. The van der Waals surface area contributed by atoms with E-state index in [4.69, 9.17) is 10.6 Å². The molecule has 0 saturated carbocycles. The van der Waals surface area contributed by atoms with Crippen molar-refractivity contribution in [2.45, 2.75) is 11.8 Å². The van der Waals surface area contributed by atoms with Crippen molar-refractivity contribution < 1.29 is 17.9 Å². The number of hydrogen-bond donors (Lipinski definition) is 2. The van der Waals surface area contributed by atoms with Gasteiger partial charge < -0.3 is 4.74 Å². The summed E-state index contributed by atoms with van der Waals surface area (Å²) in [4.78, 5) is 15.8. The Morgan fingerprint density at radius 1 is 1.03 bits per heavy atom. The van der Waals surface area contributed by atoms with E-state index < -0.39 is 15.9 Å². The number of nitrogen functional groups attached to an aromatic ring is 1. The number of aromatic nitrogens is 2. The largest absolute Gasteiger partial charge is 0.456 e. The van der Waals surface area contributed by atoms with Crippen molar-refractivity contribution in [3.8, 4) is 11.5 Å². The number of nitrogens with two attached hydrogens (primary N) is 1. The van der Waals surface area contributed by atoms with Crippen molar-refractivity contribution >= 4 is 26.8 Å². The molecule has 0 spiro atoms. The van der Waals surface area contributed by atoms with Crippen LogP contribution in [0, 0.1) is 6.92 Å². The van der Waals surface area contributed by atoms with Gasteiger partial charge in [-0.25, -0.2) is 18.2 Å². The maximum Gasteiger partial charge on any atom is 0.268 e. The number of pyridine rings is 1. The van der Waals surface area contributed by atoms with E-state index in [-0.39, 0.29) is 10.5 Å². The number of aryl methyl sites for hydroxylation is 1. The summed E-state index contributed by atoms with van der Waals surface area (Å²) in [5.41, 5.74) is 3.80. The SMILES string of the molecule is Cc1ccc(S(=O)(=O)n2ccc3cc(Oc4cncc(C(=O)NN)c4)ccc32)cc1. The molecule has 4 rings (SSSR count). The van der Waals surface area contributed by atoms with Gasteiger partial charge in [0.15, 0.2) is 0 Å². The van der Waals surface area contributed by atoms with Crippen LogP contribution in [0.4, 0.5) is 0 Å². The number of rotatable bonds is 5. The number of fused-ring (bicyclic) bond motifs is 1. The van der Waals surface area contributed by atoms with Gasteiger partial charge in [0.2, 0.25) is 0 Å². The highest BCUT2D eigenvalue weighted by Crippen LogP contribution is 2.28. The summed E-state index contributed by atoms with van der Waals surface area (Å²) in [6.07, 6.45) is 4.34. The monoisotopic (exact) mass is 422 g/mol. The van der Waals surface area contributed by atoms with Gasteiger partial charge in [0, 0.05) is 17.8 Å². The van der Waals surface area contributed by atoms with Crippen molar-refractivity contribution in [3.05, 3.63) is 84.3 Å². The van der Waals surface area contributed by atoms with Crippen molar-refractivity contribution in [2.75, 3.05) is 0 Å². The fourth-order valence-electron chi connectivity index (χ4n) is 3.01. The highest BCUT2D eigenvalue weighted by Gasteiger charge is 2.19. The normalized spacial score (nSPS) is 11.4. The molecule has 4 aromatic rings. The lowest BCUT2D eigenvalue weighted by atomic mass is 10.2. The molecule has 0 aliphatic heterocycles. The Balaban J connectivity index is 1.66. The van der Waals surface area contributed by atoms with Crippen LogP contribution in [0.1, 0.15) is 15.9 Å². The Morgan fingerprint density at radius 2 is 1.80 bits per heavy atom. The second kappa shape index (κ2) is 7.62. The molecule has 0 radical (unpaired) electrons. The fourth-order valence-corrected chi connectivity index (χ4v) is 4.36. The van der Waals surface area contributed by atoms with Crippen LogP contribution < -0.4 is 16.0 Å². The van der Waals surface area contributed by atoms with Gasteiger partial charge in [-0.15, -0.1) is 0 Å². The molecule has 0 aliphatic carbocycles. The number of hydrazine groups is 1. The molecular formula is C21H18N4O4S. The number of hydrogen-bond acceptors (Lipinski definition) is 6. The summed E-state index contributed by atoms with van der Waals surface area (Å²) < 4.78 is 33.0. The molecule has 152 valence electrons. The quantitative estimate of drug-likeness (QED) is 0.290. The van der Waals surface area contributed by atoms with Crippen LogP contribution in [0.3, 0.4) is 0 Å². The van der Waals surface area contributed by atoms with E-state index in [0.717, 1.165) is 5.56 Å². The maximum absolute atomic E-state index is 13.0. The van der Waals surface area contributed by atoms with Crippen LogP contribution in [0.5, 0.6) is 11.5 Å². The number of amides is 1. The molecular weight excluding hydrogens is 404 g/mol. The first-order valence-corrected chi connectivity index (χ1v) is 10.4. The summed E-state index contributed by atoms with van der Waals surface area (Å²) in [5, 5.41) is 0.687. The molecule has 0 saturated heterocycles. The Labute approximate surface area is 172 Å². The molecule has 1 amide bonds. The lowest BCUT2D eigenvalue weighted by Gasteiger charge is -2.09. The maximum atomic E-state index is 13.0. The third kappa shape index (κ3) is 3.63. The van der Waals surface area contributed by atoms with Crippen LogP contribution in [0.25, 0.3) is 10.9 Å².